The Morgan fingerprint density at radius 1 is 1.20 bits per heavy atom. The average Bonchev–Trinajstić information content (AvgIpc) is 2.55. The van der Waals surface area contributed by atoms with Crippen LogP contribution in [0.5, 0.6) is 0 Å². The zero-order chi connectivity index (χ0) is 17.3. The van der Waals surface area contributed by atoms with Crippen LogP contribution in [0.1, 0.15) is 48.0 Å². The number of esters is 1. The maximum Gasteiger partial charge on any atom is 0.338 e. The fraction of sp³-hybridized carbons (Fsp3) is 0.579. The third-order valence-corrected chi connectivity index (χ3v) is 5.69. The highest BCUT2D eigenvalue weighted by molar-refractivity contribution is 5.96. The van der Waals surface area contributed by atoms with Crippen LogP contribution >= 0.6 is 12.4 Å². The van der Waals surface area contributed by atoms with Gasteiger partial charge in [0.15, 0.2) is 0 Å². The molecule has 2 fully saturated rings. The van der Waals surface area contributed by atoms with E-state index < -0.39 is 0 Å². The maximum absolute atomic E-state index is 12.7. The summed E-state index contributed by atoms with van der Waals surface area (Å²) in [5.74, 6) is 0.608. The van der Waals surface area contributed by atoms with E-state index in [4.69, 9.17) is 10.5 Å². The van der Waals surface area contributed by atoms with E-state index in [0.29, 0.717) is 23.1 Å². The first-order valence-corrected chi connectivity index (χ1v) is 8.75. The zero-order valence-electron chi connectivity index (χ0n) is 14.8. The summed E-state index contributed by atoms with van der Waals surface area (Å²) in [6, 6.07) is 5.60. The Balaban J connectivity index is 0.00000225. The van der Waals surface area contributed by atoms with Crippen molar-refractivity contribution < 1.29 is 14.3 Å². The lowest BCUT2D eigenvalue weighted by atomic mass is 9.65. The van der Waals surface area contributed by atoms with Gasteiger partial charge >= 0.3 is 5.97 Å². The van der Waals surface area contributed by atoms with Gasteiger partial charge in [-0.2, -0.15) is 0 Å². The van der Waals surface area contributed by atoms with Crippen molar-refractivity contribution in [1.29, 1.82) is 0 Å². The molecule has 2 aliphatic rings. The number of fused-ring (bicyclic) bond motifs is 2. The second-order valence-corrected chi connectivity index (χ2v) is 7.21. The summed E-state index contributed by atoms with van der Waals surface area (Å²) in [5.41, 5.74) is 8.26. The van der Waals surface area contributed by atoms with E-state index in [2.05, 4.69) is 5.32 Å². The number of halogens is 1. The van der Waals surface area contributed by atoms with Gasteiger partial charge in [0.05, 0.1) is 12.7 Å². The molecule has 0 spiro atoms. The molecule has 5 nitrogen and oxygen atoms in total. The van der Waals surface area contributed by atoms with Gasteiger partial charge < -0.3 is 15.8 Å². The van der Waals surface area contributed by atoms with Gasteiger partial charge in [-0.1, -0.05) is 12.5 Å². The lowest BCUT2D eigenvalue weighted by Gasteiger charge is -2.43. The SMILES string of the molecule is COC(=O)c1cc(NC(=O)C2CC3CCCC(C2)C3N)ccc1C.Cl. The van der Waals surface area contributed by atoms with Gasteiger partial charge in [-0.3, -0.25) is 4.79 Å². The number of rotatable bonds is 3. The average molecular weight is 367 g/mol. The van der Waals surface area contributed by atoms with E-state index in [0.717, 1.165) is 31.2 Å². The highest BCUT2D eigenvalue weighted by atomic mass is 35.5. The molecule has 0 saturated heterocycles. The quantitative estimate of drug-likeness (QED) is 0.804. The van der Waals surface area contributed by atoms with E-state index in [1.54, 1.807) is 6.07 Å². The molecule has 3 N–H and O–H groups in total. The van der Waals surface area contributed by atoms with Crippen molar-refractivity contribution in [3.05, 3.63) is 29.3 Å². The summed E-state index contributed by atoms with van der Waals surface area (Å²) in [7, 11) is 1.36. The molecule has 0 aliphatic heterocycles. The molecular formula is C19H27ClN2O3. The molecule has 0 aromatic heterocycles. The molecule has 6 heteroatoms. The van der Waals surface area contributed by atoms with Crippen LogP contribution in [0.3, 0.4) is 0 Å². The molecule has 2 saturated carbocycles. The topological polar surface area (TPSA) is 81.4 Å². The Hall–Kier alpha value is -1.59. The molecule has 2 atom stereocenters. The van der Waals surface area contributed by atoms with Crippen LogP contribution in [-0.4, -0.2) is 25.0 Å². The van der Waals surface area contributed by atoms with Crippen LogP contribution in [0, 0.1) is 24.7 Å². The Labute approximate surface area is 155 Å². The fourth-order valence-electron chi connectivity index (χ4n) is 4.28. The van der Waals surface area contributed by atoms with Gasteiger partial charge in [0.25, 0.3) is 0 Å². The summed E-state index contributed by atoms with van der Waals surface area (Å²) < 4.78 is 4.79. The third-order valence-electron chi connectivity index (χ3n) is 5.69. The fourth-order valence-corrected chi connectivity index (χ4v) is 4.28. The number of carbonyl (C=O) groups excluding carboxylic acids is 2. The van der Waals surface area contributed by atoms with Crippen LogP contribution in [0.4, 0.5) is 5.69 Å². The van der Waals surface area contributed by atoms with E-state index in [-0.39, 0.29) is 36.2 Å². The van der Waals surface area contributed by atoms with E-state index in [9.17, 15) is 9.59 Å². The number of carbonyl (C=O) groups is 2. The number of nitrogens with one attached hydrogen (secondary N) is 1. The molecule has 3 rings (SSSR count). The van der Waals surface area contributed by atoms with Crippen molar-refractivity contribution in [1.82, 2.24) is 0 Å². The third kappa shape index (κ3) is 4.15. The minimum Gasteiger partial charge on any atom is -0.465 e. The number of ether oxygens (including phenoxy) is 1. The summed E-state index contributed by atoms with van der Waals surface area (Å²) in [6.45, 7) is 1.85. The number of nitrogens with two attached hydrogens (primary N) is 1. The minimum absolute atomic E-state index is 0. The maximum atomic E-state index is 12.7. The number of methoxy groups -OCH3 is 1. The Kier molecular flexibility index (Phi) is 6.47. The number of hydrogen-bond donors (Lipinski definition) is 2. The summed E-state index contributed by atoms with van der Waals surface area (Å²) >= 11 is 0. The number of benzene rings is 1. The van der Waals surface area contributed by atoms with E-state index >= 15 is 0 Å². The van der Waals surface area contributed by atoms with Gasteiger partial charge in [-0.15, -0.1) is 12.4 Å². The number of amides is 1. The largest absolute Gasteiger partial charge is 0.465 e. The first-order chi connectivity index (χ1) is 11.5. The second kappa shape index (κ2) is 8.19. The van der Waals surface area contributed by atoms with Gasteiger partial charge in [-0.25, -0.2) is 4.79 Å². The van der Waals surface area contributed by atoms with Crippen molar-refractivity contribution in [2.45, 2.75) is 45.1 Å². The molecule has 2 bridgehead atoms. The number of anilines is 1. The lowest BCUT2D eigenvalue weighted by molar-refractivity contribution is -0.122. The first kappa shape index (κ1) is 19.7. The van der Waals surface area contributed by atoms with Crippen molar-refractivity contribution in [3.8, 4) is 0 Å². The van der Waals surface area contributed by atoms with Crippen molar-refractivity contribution in [2.75, 3.05) is 12.4 Å². The molecule has 1 aromatic rings. The van der Waals surface area contributed by atoms with E-state index in [1.165, 1.54) is 13.5 Å². The smallest absolute Gasteiger partial charge is 0.338 e. The zero-order valence-corrected chi connectivity index (χ0v) is 15.6. The van der Waals surface area contributed by atoms with E-state index in [1.807, 2.05) is 19.1 Å². The molecule has 138 valence electrons. The molecule has 0 radical (unpaired) electrons. The molecule has 25 heavy (non-hydrogen) atoms. The van der Waals surface area contributed by atoms with Gasteiger partial charge in [-0.05, 0) is 62.1 Å². The highest BCUT2D eigenvalue weighted by Gasteiger charge is 2.40. The summed E-state index contributed by atoms with van der Waals surface area (Å²) in [5, 5.41) is 2.97. The Morgan fingerprint density at radius 3 is 2.44 bits per heavy atom. The number of hydrogen-bond acceptors (Lipinski definition) is 4. The van der Waals surface area contributed by atoms with Crippen LogP contribution in [-0.2, 0) is 9.53 Å². The van der Waals surface area contributed by atoms with Crippen molar-refractivity contribution in [3.63, 3.8) is 0 Å². The van der Waals surface area contributed by atoms with Gasteiger partial charge in [0, 0.05) is 17.6 Å². The summed E-state index contributed by atoms with van der Waals surface area (Å²) in [4.78, 5) is 24.5. The molecule has 2 unspecified atom stereocenters. The number of aryl methyl sites for hydroxylation is 1. The Bertz CT molecular complexity index is 636. The predicted octanol–water partition coefficient (Wildman–Crippen LogP) is 3.30. The van der Waals surface area contributed by atoms with Crippen molar-refractivity contribution >= 4 is 30.0 Å². The Morgan fingerprint density at radius 2 is 1.84 bits per heavy atom. The summed E-state index contributed by atoms with van der Waals surface area (Å²) in [6.07, 6.45) is 5.26. The molecule has 1 amide bonds. The molecular weight excluding hydrogens is 340 g/mol. The van der Waals surface area contributed by atoms with Gasteiger partial charge in [0.1, 0.15) is 0 Å². The monoisotopic (exact) mass is 366 g/mol. The van der Waals surface area contributed by atoms with Crippen LogP contribution in [0.2, 0.25) is 0 Å². The standard InChI is InChI=1S/C19H26N2O3.ClH/c1-11-6-7-15(10-16(11)19(23)24-2)21-18(22)14-8-12-4-3-5-13(9-14)17(12)20;/h6-7,10,12-14,17H,3-5,8-9,20H2,1-2H3,(H,21,22);1H. The second-order valence-electron chi connectivity index (χ2n) is 7.21. The lowest BCUT2D eigenvalue weighted by Crippen LogP contribution is -2.48. The normalized spacial score (nSPS) is 27.8. The molecule has 2 aliphatic carbocycles. The van der Waals surface area contributed by atoms with Gasteiger partial charge in [0.2, 0.25) is 5.91 Å². The molecule has 0 heterocycles. The first-order valence-electron chi connectivity index (χ1n) is 8.75. The predicted molar refractivity (Wildman–Crippen MR) is 99.9 cm³/mol. The molecule has 1 aromatic carbocycles. The van der Waals surface area contributed by atoms with Crippen LogP contribution in [0.25, 0.3) is 0 Å². The van der Waals surface area contributed by atoms with Crippen molar-refractivity contribution in [2.24, 2.45) is 23.5 Å². The minimum atomic E-state index is -0.387. The highest BCUT2D eigenvalue weighted by Crippen LogP contribution is 2.42. The van der Waals surface area contributed by atoms with Crippen LogP contribution < -0.4 is 11.1 Å². The van der Waals surface area contributed by atoms with Crippen LogP contribution in [0.15, 0.2) is 18.2 Å².